The number of carbonyl (C=O) groups is 2. The third-order valence-electron chi connectivity index (χ3n) is 2.06. The van der Waals surface area contributed by atoms with Crippen molar-refractivity contribution >= 4 is 11.9 Å². The molecule has 0 radical (unpaired) electrons. The second-order valence-corrected chi connectivity index (χ2v) is 2.96. The van der Waals surface area contributed by atoms with Crippen LogP contribution in [0.3, 0.4) is 0 Å². The number of rotatable bonds is 1. The van der Waals surface area contributed by atoms with Crippen LogP contribution in [0.2, 0.25) is 0 Å². The third-order valence-corrected chi connectivity index (χ3v) is 2.06. The van der Waals surface area contributed by atoms with E-state index in [0.717, 1.165) is 6.42 Å². The van der Waals surface area contributed by atoms with Crippen LogP contribution in [-0.2, 0) is 14.3 Å². The largest absolute Gasteiger partial charge is 0.474 e. The van der Waals surface area contributed by atoms with Gasteiger partial charge in [0.1, 0.15) is 0 Å². The summed E-state index contributed by atoms with van der Waals surface area (Å²) in [5.41, 5.74) is 0. The molecule has 5 nitrogen and oxygen atoms in total. The van der Waals surface area contributed by atoms with E-state index in [1.54, 1.807) is 0 Å². The zero-order chi connectivity index (χ0) is 9.84. The topological polar surface area (TPSA) is 66.8 Å². The van der Waals surface area contributed by atoms with E-state index in [1.807, 2.05) is 6.92 Å². The number of nitrogens with zero attached hydrogens (tertiary/aromatic N) is 1. The van der Waals surface area contributed by atoms with Gasteiger partial charge in [-0.2, -0.15) is 0 Å². The maximum absolute atomic E-state index is 11.0. The first-order chi connectivity index (χ1) is 6.15. The molecule has 0 aromatic heterocycles. The van der Waals surface area contributed by atoms with Crippen LogP contribution >= 0.6 is 0 Å². The predicted molar refractivity (Wildman–Crippen MR) is 44.2 cm³/mol. The molecule has 1 saturated heterocycles. The monoisotopic (exact) mass is 187 g/mol. The molecular weight excluding hydrogens is 174 g/mol. The van der Waals surface area contributed by atoms with Crippen molar-refractivity contribution in [3.63, 3.8) is 0 Å². The van der Waals surface area contributed by atoms with Crippen molar-refractivity contribution in [2.75, 3.05) is 19.7 Å². The van der Waals surface area contributed by atoms with Crippen LogP contribution < -0.4 is 0 Å². The molecule has 0 spiro atoms. The first kappa shape index (κ1) is 9.98. The molecule has 1 atom stereocenters. The molecule has 1 rings (SSSR count). The Bertz CT molecular complexity index is 216. The second kappa shape index (κ2) is 4.23. The van der Waals surface area contributed by atoms with Crippen molar-refractivity contribution in [2.24, 2.45) is 0 Å². The number of carboxylic acid groups (broad SMARTS) is 1. The summed E-state index contributed by atoms with van der Waals surface area (Å²) in [6.07, 6.45) is 0.778. The van der Waals surface area contributed by atoms with Crippen molar-refractivity contribution in [1.29, 1.82) is 0 Å². The number of carboxylic acids is 1. The molecular formula is C8H13NO4. The van der Waals surface area contributed by atoms with Gasteiger partial charge >= 0.3 is 11.9 Å². The summed E-state index contributed by atoms with van der Waals surface area (Å²) < 4.78 is 5.30. The number of aliphatic carboxylic acids is 1. The van der Waals surface area contributed by atoms with Crippen molar-refractivity contribution in [1.82, 2.24) is 4.90 Å². The first-order valence-electron chi connectivity index (χ1n) is 4.29. The molecule has 1 fully saturated rings. The van der Waals surface area contributed by atoms with E-state index in [1.165, 1.54) is 4.90 Å². The van der Waals surface area contributed by atoms with Gasteiger partial charge in [-0.3, -0.25) is 4.79 Å². The molecule has 74 valence electrons. The number of hydrogen-bond acceptors (Lipinski definition) is 3. The van der Waals surface area contributed by atoms with E-state index < -0.39 is 11.9 Å². The molecule has 0 aliphatic carbocycles. The van der Waals surface area contributed by atoms with E-state index in [0.29, 0.717) is 19.7 Å². The minimum absolute atomic E-state index is 0.0166. The second-order valence-electron chi connectivity index (χ2n) is 2.96. The van der Waals surface area contributed by atoms with Gasteiger partial charge in [-0.25, -0.2) is 4.79 Å². The maximum atomic E-state index is 11.0. The van der Waals surface area contributed by atoms with Crippen molar-refractivity contribution < 1.29 is 19.4 Å². The zero-order valence-electron chi connectivity index (χ0n) is 7.52. The summed E-state index contributed by atoms with van der Waals surface area (Å²) in [5, 5.41) is 8.46. The molecule has 1 aliphatic heterocycles. The Hall–Kier alpha value is -1.10. The Morgan fingerprint density at radius 2 is 2.31 bits per heavy atom. The molecule has 1 N–H and O–H groups in total. The fraction of sp³-hybridized carbons (Fsp3) is 0.750. The lowest BCUT2D eigenvalue weighted by Crippen LogP contribution is -2.47. The molecule has 13 heavy (non-hydrogen) atoms. The summed E-state index contributed by atoms with van der Waals surface area (Å²) >= 11 is 0. The Labute approximate surface area is 76.3 Å². The maximum Gasteiger partial charge on any atom is 0.394 e. The van der Waals surface area contributed by atoms with Gasteiger partial charge in [0.05, 0.1) is 12.7 Å². The van der Waals surface area contributed by atoms with Crippen LogP contribution in [0.25, 0.3) is 0 Å². The number of carbonyl (C=O) groups excluding carboxylic acids is 1. The molecule has 0 aromatic rings. The highest BCUT2D eigenvalue weighted by Gasteiger charge is 2.26. The smallest absolute Gasteiger partial charge is 0.394 e. The average molecular weight is 187 g/mol. The van der Waals surface area contributed by atoms with Crippen molar-refractivity contribution in [3.8, 4) is 0 Å². The number of hydrogen-bond donors (Lipinski definition) is 1. The predicted octanol–water partition coefficient (Wildman–Crippen LogP) is -0.292. The molecule has 1 amide bonds. The minimum Gasteiger partial charge on any atom is -0.474 e. The molecule has 1 heterocycles. The van der Waals surface area contributed by atoms with Crippen LogP contribution in [0.1, 0.15) is 13.3 Å². The highest BCUT2D eigenvalue weighted by molar-refractivity contribution is 6.31. The lowest BCUT2D eigenvalue weighted by atomic mass is 10.2. The van der Waals surface area contributed by atoms with Crippen LogP contribution in [0.15, 0.2) is 0 Å². The number of amides is 1. The van der Waals surface area contributed by atoms with E-state index in [9.17, 15) is 9.59 Å². The molecule has 0 bridgehead atoms. The van der Waals surface area contributed by atoms with Crippen LogP contribution in [0.5, 0.6) is 0 Å². The summed E-state index contributed by atoms with van der Waals surface area (Å²) in [5.74, 6) is -2.22. The highest BCUT2D eigenvalue weighted by Crippen LogP contribution is 2.07. The van der Waals surface area contributed by atoms with Gasteiger partial charge in [0.2, 0.25) is 0 Å². The van der Waals surface area contributed by atoms with Gasteiger partial charge in [0.25, 0.3) is 0 Å². The van der Waals surface area contributed by atoms with Crippen LogP contribution in [-0.4, -0.2) is 47.7 Å². The SMILES string of the molecule is CCC1CN(C(=O)C(=O)O)CCO1. The number of ether oxygens (including phenoxy) is 1. The lowest BCUT2D eigenvalue weighted by Gasteiger charge is -2.31. The van der Waals surface area contributed by atoms with Crippen LogP contribution in [0, 0.1) is 0 Å². The van der Waals surface area contributed by atoms with Crippen molar-refractivity contribution in [3.05, 3.63) is 0 Å². The van der Waals surface area contributed by atoms with Gasteiger partial charge in [-0.05, 0) is 6.42 Å². The fourth-order valence-electron chi connectivity index (χ4n) is 1.29. The first-order valence-corrected chi connectivity index (χ1v) is 4.29. The standard InChI is InChI=1S/C8H13NO4/c1-2-6-5-9(3-4-13-6)7(10)8(11)12/h6H,2-5H2,1H3,(H,11,12). The van der Waals surface area contributed by atoms with Gasteiger partial charge in [-0.15, -0.1) is 0 Å². The molecule has 1 aliphatic rings. The summed E-state index contributed by atoms with van der Waals surface area (Å²) in [6, 6.07) is 0. The highest BCUT2D eigenvalue weighted by atomic mass is 16.5. The van der Waals surface area contributed by atoms with E-state index in [-0.39, 0.29) is 6.10 Å². The normalized spacial score (nSPS) is 22.8. The quantitative estimate of drug-likeness (QED) is 0.573. The molecule has 5 heteroatoms. The van der Waals surface area contributed by atoms with Gasteiger partial charge in [0.15, 0.2) is 0 Å². The lowest BCUT2D eigenvalue weighted by molar-refractivity contribution is -0.159. The van der Waals surface area contributed by atoms with E-state index in [4.69, 9.17) is 9.84 Å². The zero-order valence-corrected chi connectivity index (χ0v) is 7.52. The van der Waals surface area contributed by atoms with Crippen LogP contribution in [0.4, 0.5) is 0 Å². The summed E-state index contributed by atoms with van der Waals surface area (Å²) in [6.45, 7) is 3.14. The molecule has 0 saturated carbocycles. The fourth-order valence-corrected chi connectivity index (χ4v) is 1.29. The number of morpholine rings is 1. The van der Waals surface area contributed by atoms with Gasteiger partial charge < -0.3 is 14.7 Å². The Morgan fingerprint density at radius 3 is 2.85 bits per heavy atom. The van der Waals surface area contributed by atoms with E-state index in [2.05, 4.69) is 0 Å². The summed E-state index contributed by atoms with van der Waals surface area (Å²) in [7, 11) is 0. The Balaban J connectivity index is 2.51. The Morgan fingerprint density at radius 1 is 1.62 bits per heavy atom. The van der Waals surface area contributed by atoms with Crippen molar-refractivity contribution in [2.45, 2.75) is 19.4 Å². The summed E-state index contributed by atoms with van der Waals surface area (Å²) in [4.78, 5) is 22.7. The Kier molecular flexibility index (Phi) is 3.25. The van der Waals surface area contributed by atoms with E-state index >= 15 is 0 Å². The van der Waals surface area contributed by atoms with Gasteiger partial charge in [0, 0.05) is 13.1 Å². The third kappa shape index (κ3) is 2.42. The van der Waals surface area contributed by atoms with Gasteiger partial charge in [-0.1, -0.05) is 6.92 Å². The molecule has 0 aromatic carbocycles. The average Bonchev–Trinajstić information content (AvgIpc) is 2.16. The molecule has 1 unspecified atom stereocenters. The minimum atomic E-state index is -1.39.